The van der Waals surface area contributed by atoms with Crippen LogP contribution in [0.2, 0.25) is 0 Å². The van der Waals surface area contributed by atoms with Crippen LogP contribution in [0.25, 0.3) is 22.3 Å². The zero-order valence-corrected chi connectivity index (χ0v) is 15.0. The Labute approximate surface area is 156 Å². The zero-order valence-electron chi connectivity index (χ0n) is 15.0. The molecular formula is C19H21N5O3. The number of hydrogen-bond donors (Lipinski definition) is 3. The molecule has 27 heavy (non-hydrogen) atoms. The smallest absolute Gasteiger partial charge is 0.221 e. The lowest BCUT2D eigenvalue weighted by Gasteiger charge is -2.12. The van der Waals surface area contributed by atoms with Crippen molar-refractivity contribution in [1.29, 1.82) is 0 Å². The van der Waals surface area contributed by atoms with Crippen molar-refractivity contribution < 1.29 is 14.6 Å². The quantitative estimate of drug-likeness (QED) is 0.523. The molecule has 0 radical (unpaired) electrons. The number of carbonyl (C=O) groups excluding carboxylic acids is 1. The Kier molecular flexibility index (Phi) is 6.24. The Morgan fingerprint density at radius 3 is 2.70 bits per heavy atom. The maximum absolute atomic E-state index is 11.3. The number of benzene rings is 1. The van der Waals surface area contributed by atoms with Gasteiger partial charge in [0.1, 0.15) is 5.82 Å². The van der Waals surface area contributed by atoms with Crippen LogP contribution in [-0.4, -0.2) is 52.3 Å². The van der Waals surface area contributed by atoms with Crippen LogP contribution in [0.4, 0.5) is 11.5 Å². The number of aliphatic hydroxyl groups excluding tert-OH is 1. The van der Waals surface area contributed by atoms with E-state index in [2.05, 4.69) is 25.6 Å². The first-order chi connectivity index (χ1) is 13.2. The van der Waals surface area contributed by atoms with Crippen molar-refractivity contribution in [2.45, 2.75) is 6.92 Å². The minimum atomic E-state index is -0.143. The zero-order chi connectivity index (χ0) is 19.1. The molecule has 140 valence electrons. The van der Waals surface area contributed by atoms with E-state index in [-0.39, 0.29) is 12.5 Å². The second-order valence-electron chi connectivity index (χ2n) is 5.81. The molecule has 0 aliphatic carbocycles. The van der Waals surface area contributed by atoms with Crippen LogP contribution in [0.1, 0.15) is 6.92 Å². The van der Waals surface area contributed by atoms with Crippen LogP contribution in [0.3, 0.4) is 0 Å². The molecular weight excluding hydrogens is 346 g/mol. The fourth-order valence-corrected chi connectivity index (χ4v) is 2.58. The number of carbonyl (C=O) groups is 1. The van der Waals surface area contributed by atoms with Crippen molar-refractivity contribution in [3.8, 4) is 11.4 Å². The standard InChI is InChI=1S/C19H21N5O3/c1-13(26)22-15-2-3-17-16(12-15)19(21-8-10-27-11-9-25)24-18(23-17)14-4-6-20-7-5-14/h2-7,12,25H,8-11H2,1H3,(H,22,26)(H,21,23,24). The van der Waals surface area contributed by atoms with Crippen molar-refractivity contribution in [2.24, 2.45) is 0 Å². The van der Waals surface area contributed by atoms with Gasteiger partial charge >= 0.3 is 0 Å². The molecule has 0 unspecified atom stereocenters. The monoisotopic (exact) mass is 367 g/mol. The Hall–Kier alpha value is -3.10. The van der Waals surface area contributed by atoms with Gasteiger partial charge in [-0.05, 0) is 30.3 Å². The van der Waals surface area contributed by atoms with Gasteiger partial charge in [0.2, 0.25) is 5.91 Å². The highest BCUT2D eigenvalue weighted by Crippen LogP contribution is 2.27. The van der Waals surface area contributed by atoms with Gasteiger partial charge in [-0.1, -0.05) is 0 Å². The van der Waals surface area contributed by atoms with Crippen molar-refractivity contribution >= 4 is 28.3 Å². The fraction of sp³-hybridized carbons (Fsp3) is 0.263. The third-order valence-corrected chi connectivity index (χ3v) is 3.73. The molecule has 0 atom stereocenters. The Bertz CT molecular complexity index is 918. The maximum atomic E-state index is 11.3. The minimum Gasteiger partial charge on any atom is -0.394 e. The van der Waals surface area contributed by atoms with E-state index >= 15 is 0 Å². The highest BCUT2D eigenvalue weighted by molar-refractivity contribution is 5.96. The first kappa shape index (κ1) is 18.7. The molecule has 2 aromatic heterocycles. The van der Waals surface area contributed by atoms with Gasteiger partial charge in [-0.25, -0.2) is 9.97 Å². The number of anilines is 2. The Morgan fingerprint density at radius 2 is 1.96 bits per heavy atom. The van der Waals surface area contributed by atoms with E-state index in [1.807, 2.05) is 24.3 Å². The van der Waals surface area contributed by atoms with E-state index in [1.54, 1.807) is 18.5 Å². The van der Waals surface area contributed by atoms with E-state index in [0.29, 0.717) is 37.1 Å². The Morgan fingerprint density at radius 1 is 1.15 bits per heavy atom. The number of ether oxygens (including phenoxy) is 1. The number of pyridine rings is 1. The number of rotatable bonds is 8. The predicted molar refractivity (Wildman–Crippen MR) is 103 cm³/mol. The molecule has 0 saturated carbocycles. The topological polar surface area (TPSA) is 109 Å². The number of hydrogen-bond acceptors (Lipinski definition) is 7. The summed E-state index contributed by atoms with van der Waals surface area (Å²) in [6, 6.07) is 9.19. The molecule has 8 nitrogen and oxygen atoms in total. The number of nitrogens with zero attached hydrogens (tertiary/aromatic N) is 3. The highest BCUT2D eigenvalue weighted by atomic mass is 16.5. The second kappa shape index (κ2) is 9.02. The van der Waals surface area contributed by atoms with Gasteiger partial charge in [-0.2, -0.15) is 0 Å². The van der Waals surface area contributed by atoms with Gasteiger partial charge < -0.3 is 20.5 Å². The molecule has 0 aliphatic heterocycles. The molecule has 0 bridgehead atoms. The SMILES string of the molecule is CC(=O)Nc1ccc2nc(-c3ccncc3)nc(NCCOCCO)c2c1. The number of nitrogens with one attached hydrogen (secondary N) is 2. The molecule has 3 rings (SSSR count). The summed E-state index contributed by atoms with van der Waals surface area (Å²) in [5.74, 6) is 1.08. The van der Waals surface area contributed by atoms with Crippen molar-refractivity contribution in [1.82, 2.24) is 15.0 Å². The van der Waals surface area contributed by atoms with Crippen LogP contribution in [0.5, 0.6) is 0 Å². The summed E-state index contributed by atoms with van der Waals surface area (Å²) in [6.45, 7) is 2.70. The van der Waals surface area contributed by atoms with Gasteiger partial charge in [0, 0.05) is 42.5 Å². The first-order valence-electron chi connectivity index (χ1n) is 8.59. The molecule has 0 aliphatic rings. The summed E-state index contributed by atoms with van der Waals surface area (Å²) in [7, 11) is 0. The minimum absolute atomic E-state index is 0.0112. The summed E-state index contributed by atoms with van der Waals surface area (Å²) >= 11 is 0. The summed E-state index contributed by atoms with van der Waals surface area (Å²) in [5, 5.41) is 15.6. The summed E-state index contributed by atoms with van der Waals surface area (Å²) in [6.07, 6.45) is 3.39. The average Bonchev–Trinajstić information content (AvgIpc) is 2.68. The molecule has 3 N–H and O–H groups in total. The van der Waals surface area contributed by atoms with Crippen LogP contribution in [0.15, 0.2) is 42.7 Å². The van der Waals surface area contributed by atoms with Crippen LogP contribution in [-0.2, 0) is 9.53 Å². The first-order valence-corrected chi connectivity index (χ1v) is 8.59. The third kappa shape index (κ3) is 4.96. The molecule has 1 amide bonds. The molecule has 2 heterocycles. The fourth-order valence-electron chi connectivity index (χ4n) is 2.58. The number of aromatic nitrogens is 3. The van der Waals surface area contributed by atoms with E-state index in [1.165, 1.54) is 6.92 Å². The average molecular weight is 367 g/mol. The van der Waals surface area contributed by atoms with Crippen LogP contribution >= 0.6 is 0 Å². The molecule has 3 aromatic rings. The van der Waals surface area contributed by atoms with Gasteiger partial charge in [-0.15, -0.1) is 0 Å². The number of amides is 1. The number of fused-ring (bicyclic) bond motifs is 1. The lowest BCUT2D eigenvalue weighted by atomic mass is 10.2. The molecule has 0 spiro atoms. The van der Waals surface area contributed by atoms with Crippen LogP contribution < -0.4 is 10.6 Å². The Balaban J connectivity index is 1.96. The number of aliphatic hydroxyl groups is 1. The summed E-state index contributed by atoms with van der Waals surface area (Å²) in [5.41, 5.74) is 2.29. The van der Waals surface area contributed by atoms with Gasteiger partial charge in [-0.3, -0.25) is 9.78 Å². The van der Waals surface area contributed by atoms with Crippen molar-refractivity contribution in [2.75, 3.05) is 37.0 Å². The molecule has 1 aromatic carbocycles. The third-order valence-electron chi connectivity index (χ3n) is 3.73. The van der Waals surface area contributed by atoms with E-state index in [0.717, 1.165) is 16.5 Å². The van der Waals surface area contributed by atoms with E-state index in [9.17, 15) is 4.79 Å². The lowest BCUT2D eigenvalue weighted by Crippen LogP contribution is -2.13. The van der Waals surface area contributed by atoms with Gasteiger partial charge in [0.05, 0.1) is 25.3 Å². The molecule has 0 saturated heterocycles. The highest BCUT2D eigenvalue weighted by Gasteiger charge is 2.10. The van der Waals surface area contributed by atoms with E-state index < -0.39 is 0 Å². The maximum Gasteiger partial charge on any atom is 0.221 e. The predicted octanol–water partition coefficient (Wildman–Crippen LogP) is 2.07. The second-order valence-corrected chi connectivity index (χ2v) is 5.81. The van der Waals surface area contributed by atoms with E-state index in [4.69, 9.17) is 9.84 Å². The van der Waals surface area contributed by atoms with Crippen molar-refractivity contribution in [3.05, 3.63) is 42.7 Å². The lowest BCUT2D eigenvalue weighted by molar-refractivity contribution is -0.114. The molecule has 8 heteroatoms. The summed E-state index contributed by atoms with van der Waals surface area (Å²) in [4.78, 5) is 24.6. The van der Waals surface area contributed by atoms with Gasteiger partial charge in [0.15, 0.2) is 5.82 Å². The van der Waals surface area contributed by atoms with Crippen molar-refractivity contribution in [3.63, 3.8) is 0 Å². The summed E-state index contributed by atoms with van der Waals surface area (Å²) < 4.78 is 5.29. The van der Waals surface area contributed by atoms with Crippen LogP contribution in [0, 0.1) is 0 Å². The molecule has 0 fully saturated rings. The largest absolute Gasteiger partial charge is 0.394 e. The normalized spacial score (nSPS) is 10.7. The van der Waals surface area contributed by atoms with Gasteiger partial charge in [0.25, 0.3) is 0 Å².